The molecule has 0 fully saturated rings. The van der Waals surface area contributed by atoms with Crippen LogP contribution in [0, 0.1) is 13.8 Å². The van der Waals surface area contributed by atoms with Crippen LogP contribution in [0.25, 0.3) is 22.3 Å². The number of hydrogen-bond acceptors (Lipinski definition) is 5. The average Bonchev–Trinajstić information content (AvgIpc) is 3.15. The lowest BCUT2D eigenvalue weighted by molar-refractivity contribution is -0.688. The van der Waals surface area contributed by atoms with Gasteiger partial charge in [0.15, 0.2) is 18.9 Å². The summed E-state index contributed by atoms with van der Waals surface area (Å²) in [6.07, 6.45) is 4.28. The summed E-state index contributed by atoms with van der Waals surface area (Å²) in [4.78, 5) is 30.9. The van der Waals surface area contributed by atoms with E-state index in [9.17, 15) is 14.7 Å². The molecule has 3 aromatic heterocycles. The maximum atomic E-state index is 13.7. The number of cyclic esters (lactones) is 1. The van der Waals surface area contributed by atoms with Gasteiger partial charge < -0.3 is 26.8 Å². The molecule has 1 unspecified atom stereocenters. The van der Waals surface area contributed by atoms with E-state index in [0.717, 1.165) is 33.3 Å². The molecule has 1 N–H and O–H groups in total. The minimum Gasteiger partial charge on any atom is -1.00 e. The van der Waals surface area contributed by atoms with Gasteiger partial charge in [0.25, 0.3) is 5.56 Å². The van der Waals surface area contributed by atoms with Gasteiger partial charge in [-0.25, -0.2) is 9.55 Å². The van der Waals surface area contributed by atoms with Gasteiger partial charge >= 0.3 is 5.97 Å². The molecular formula is C29H28ClN3O4. The Hall–Kier alpha value is -3.55. The fraction of sp³-hybridized carbons (Fsp3) is 0.310. The van der Waals surface area contributed by atoms with Crippen LogP contribution in [0.2, 0.25) is 0 Å². The van der Waals surface area contributed by atoms with Crippen LogP contribution < -0.4 is 22.5 Å². The molecule has 1 atom stereocenters. The zero-order valence-electron chi connectivity index (χ0n) is 21.0. The molecule has 0 saturated carbocycles. The summed E-state index contributed by atoms with van der Waals surface area (Å²) in [5.74, 6) is -0.502. The number of esters is 1. The number of fused-ring (bicyclic) bond motifs is 5. The van der Waals surface area contributed by atoms with Crippen LogP contribution in [0.4, 0.5) is 0 Å². The number of aliphatic hydroxyl groups is 1. The quantitative estimate of drug-likeness (QED) is 0.277. The van der Waals surface area contributed by atoms with E-state index in [1.807, 2.05) is 37.4 Å². The Kier molecular flexibility index (Phi) is 6.16. The Morgan fingerprint density at radius 1 is 1.14 bits per heavy atom. The van der Waals surface area contributed by atoms with Crippen molar-refractivity contribution in [2.24, 2.45) is 0 Å². The van der Waals surface area contributed by atoms with Gasteiger partial charge in [0.1, 0.15) is 12.2 Å². The van der Waals surface area contributed by atoms with E-state index in [4.69, 9.17) is 9.72 Å². The van der Waals surface area contributed by atoms with Crippen molar-refractivity contribution in [2.75, 3.05) is 0 Å². The van der Waals surface area contributed by atoms with Crippen molar-refractivity contribution < 1.29 is 31.6 Å². The second-order valence-corrected chi connectivity index (χ2v) is 10.0. The van der Waals surface area contributed by atoms with Crippen LogP contribution >= 0.6 is 0 Å². The van der Waals surface area contributed by atoms with Crippen LogP contribution in [0.1, 0.15) is 53.1 Å². The summed E-state index contributed by atoms with van der Waals surface area (Å²) in [5.41, 5.74) is 5.87. The zero-order chi connectivity index (χ0) is 25.2. The molecule has 7 nitrogen and oxygen atoms in total. The van der Waals surface area contributed by atoms with Gasteiger partial charge in [-0.15, -0.1) is 0 Å². The van der Waals surface area contributed by atoms with Crippen LogP contribution in [0.5, 0.6) is 0 Å². The molecule has 5 heterocycles. The number of rotatable bonds is 3. The van der Waals surface area contributed by atoms with Crippen LogP contribution in [0.3, 0.4) is 0 Å². The van der Waals surface area contributed by atoms with Crippen molar-refractivity contribution >= 4 is 16.9 Å². The van der Waals surface area contributed by atoms with E-state index < -0.39 is 11.6 Å². The standard InChI is InChI=1S/C29H28N3O4.ClH/c1-4-29(35)12-26(33)36-16-22-23(29)11-25-27-21(15-32(25)28(22)34)20(14-31-9-5-6-18(3)13-31)19-10-17(2)7-8-24(19)30-27;/h5-11,13,35H,4,12,14-16H2,1-3H3;1H/q+1;/p-1. The topological polar surface area (TPSA) is 85.3 Å². The molecule has 8 heteroatoms. The number of nitrogens with zero attached hydrogens (tertiary/aromatic N) is 3. The summed E-state index contributed by atoms with van der Waals surface area (Å²) in [6, 6.07) is 12.2. The van der Waals surface area contributed by atoms with E-state index in [0.29, 0.717) is 36.3 Å². The average molecular weight is 518 g/mol. The van der Waals surface area contributed by atoms with Gasteiger partial charge in [-0.3, -0.25) is 9.59 Å². The summed E-state index contributed by atoms with van der Waals surface area (Å²) in [5, 5.41) is 12.5. The van der Waals surface area contributed by atoms with Crippen molar-refractivity contribution in [3.63, 3.8) is 0 Å². The van der Waals surface area contributed by atoms with E-state index in [1.165, 1.54) is 5.56 Å². The highest BCUT2D eigenvalue weighted by Crippen LogP contribution is 2.40. The molecule has 0 aliphatic carbocycles. The lowest BCUT2D eigenvalue weighted by Gasteiger charge is -2.26. The Morgan fingerprint density at radius 2 is 1.95 bits per heavy atom. The molecule has 0 bridgehead atoms. The minimum atomic E-state index is -1.45. The van der Waals surface area contributed by atoms with Crippen molar-refractivity contribution in [3.05, 3.63) is 92.5 Å². The third-order valence-corrected chi connectivity index (χ3v) is 7.57. The van der Waals surface area contributed by atoms with Crippen molar-refractivity contribution in [3.8, 4) is 11.4 Å². The first-order valence-corrected chi connectivity index (χ1v) is 12.3. The van der Waals surface area contributed by atoms with Gasteiger partial charge in [0, 0.05) is 28.1 Å². The first-order valence-electron chi connectivity index (χ1n) is 12.3. The Bertz CT molecular complexity index is 1650. The second-order valence-electron chi connectivity index (χ2n) is 10.0. The SMILES string of the molecule is CCC1(O)CC(=O)OCc2c1cc1n(c2=O)Cc2c-1nc1ccc(C)cc1c2C[n+]1cccc(C)c1.[Cl-]. The Balaban J connectivity index is 0.00000280. The highest BCUT2D eigenvalue weighted by Gasteiger charge is 2.40. The number of hydrogen-bond donors (Lipinski definition) is 1. The van der Waals surface area contributed by atoms with Crippen molar-refractivity contribution in [1.82, 2.24) is 9.55 Å². The highest BCUT2D eigenvalue weighted by atomic mass is 35.5. The van der Waals surface area contributed by atoms with E-state index in [2.05, 4.69) is 36.7 Å². The van der Waals surface area contributed by atoms with Crippen LogP contribution in [-0.2, 0) is 34.8 Å². The van der Waals surface area contributed by atoms with Crippen molar-refractivity contribution in [1.29, 1.82) is 0 Å². The molecule has 37 heavy (non-hydrogen) atoms. The smallest absolute Gasteiger partial charge is 0.309 e. The molecule has 2 aliphatic heterocycles. The monoisotopic (exact) mass is 517 g/mol. The number of aromatic nitrogens is 3. The summed E-state index contributed by atoms with van der Waals surface area (Å²) in [6.45, 7) is 6.84. The van der Waals surface area contributed by atoms with E-state index in [1.54, 1.807) is 4.57 Å². The van der Waals surface area contributed by atoms with Gasteiger partial charge in [-0.2, -0.15) is 0 Å². The maximum Gasteiger partial charge on any atom is 0.309 e. The van der Waals surface area contributed by atoms with E-state index >= 15 is 0 Å². The van der Waals surface area contributed by atoms with Crippen LogP contribution in [0.15, 0.2) is 53.6 Å². The highest BCUT2D eigenvalue weighted by molar-refractivity contribution is 5.88. The van der Waals surface area contributed by atoms with Gasteiger partial charge in [0.05, 0.1) is 35.4 Å². The number of ether oxygens (including phenoxy) is 1. The largest absolute Gasteiger partial charge is 1.00 e. The molecule has 0 spiro atoms. The number of pyridine rings is 3. The lowest BCUT2D eigenvalue weighted by atomic mass is 9.85. The van der Waals surface area contributed by atoms with E-state index in [-0.39, 0.29) is 31.0 Å². The molecule has 0 amide bonds. The maximum absolute atomic E-state index is 13.7. The molecule has 2 aliphatic rings. The number of aryl methyl sites for hydroxylation is 2. The molecule has 1 aromatic carbocycles. The number of benzene rings is 1. The minimum absolute atomic E-state index is 0. The third-order valence-electron chi connectivity index (χ3n) is 7.57. The first-order chi connectivity index (χ1) is 17.3. The van der Waals surface area contributed by atoms with Gasteiger partial charge in [-0.1, -0.05) is 18.6 Å². The number of carbonyl (C=O) groups is 1. The fourth-order valence-electron chi connectivity index (χ4n) is 5.59. The molecule has 0 saturated heterocycles. The number of halogens is 1. The Labute approximate surface area is 220 Å². The number of carbonyl (C=O) groups excluding carboxylic acids is 1. The first kappa shape index (κ1) is 25.1. The normalized spacial score (nSPS) is 17.9. The molecule has 6 rings (SSSR count). The van der Waals surface area contributed by atoms with Crippen molar-refractivity contribution in [2.45, 2.75) is 58.9 Å². The summed E-state index contributed by atoms with van der Waals surface area (Å²) in [7, 11) is 0. The third kappa shape index (κ3) is 4.03. The lowest BCUT2D eigenvalue weighted by Crippen LogP contribution is -3.00. The fourth-order valence-corrected chi connectivity index (χ4v) is 5.59. The summed E-state index contributed by atoms with van der Waals surface area (Å²) >= 11 is 0. The van der Waals surface area contributed by atoms with Gasteiger partial charge in [-0.05, 0) is 50.1 Å². The van der Waals surface area contributed by atoms with Crippen LogP contribution in [-0.4, -0.2) is 20.6 Å². The second kappa shape index (κ2) is 9.08. The predicted molar refractivity (Wildman–Crippen MR) is 134 cm³/mol. The van der Waals surface area contributed by atoms with Gasteiger partial charge in [0.2, 0.25) is 0 Å². The zero-order valence-corrected chi connectivity index (χ0v) is 21.8. The molecular weight excluding hydrogens is 490 g/mol. The molecule has 190 valence electrons. The Morgan fingerprint density at radius 3 is 2.70 bits per heavy atom. The molecule has 4 aromatic rings. The summed E-state index contributed by atoms with van der Waals surface area (Å²) < 4.78 is 9.17. The predicted octanol–water partition coefficient (Wildman–Crippen LogP) is 0.426. The molecule has 0 radical (unpaired) electrons.